The van der Waals surface area contributed by atoms with Gasteiger partial charge in [-0.3, -0.25) is 0 Å². The van der Waals surface area contributed by atoms with Crippen molar-refractivity contribution in [2.75, 3.05) is 19.0 Å². The minimum atomic E-state index is 0.428. The number of nitrogens with zero attached hydrogens (tertiary/aromatic N) is 2. The van der Waals surface area contributed by atoms with E-state index in [4.69, 9.17) is 10.00 Å². The zero-order chi connectivity index (χ0) is 15.1. The number of anilines is 1. The maximum atomic E-state index is 9.01. The molecule has 0 amide bonds. The van der Waals surface area contributed by atoms with Gasteiger partial charge in [0, 0.05) is 12.7 Å². The summed E-state index contributed by atoms with van der Waals surface area (Å²) in [5, 5.41) is 12.2. The Kier molecular flexibility index (Phi) is 5.16. The molecule has 0 spiro atoms. The number of ether oxygens (including phenoxy) is 1. The van der Waals surface area contributed by atoms with Gasteiger partial charge in [0.1, 0.15) is 17.6 Å². The molecule has 4 nitrogen and oxygen atoms in total. The predicted octanol–water partition coefficient (Wildman–Crippen LogP) is 3.57. The van der Waals surface area contributed by atoms with E-state index in [1.165, 1.54) is 5.56 Å². The van der Waals surface area contributed by atoms with Gasteiger partial charge in [0.2, 0.25) is 0 Å². The number of benzene rings is 1. The molecule has 0 saturated heterocycles. The lowest BCUT2D eigenvalue weighted by molar-refractivity contribution is 0.414. The van der Waals surface area contributed by atoms with Crippen LogP contribution in [0.5, 0.6) is 5.75 Å². The van der Waals surface area contributed by atoms with Gasteiger partial charge in [0.15, 0.2) is 0 Å². The zero-order valence-electron chi connectivity index (χ0n) is 12.3. The van der Waals surface area contributed by atoms with Gasteiger partial charge in [-0.1, -0.05) is 19.1 Å². The Bertz CT molecular complexity index is 617. The van der Waals surface area contributed by atoms with Crippen LogP contribution in [0.3, 0.4) is 0 Å². The van der Waals surface area contributed by atoms with Crippen molar-refractivity contribution in [2.24, 2.45) is 0 Å². The molecule has 2 aromatic rings. The van der Waals surface area contributed by atoms with E-state index >= 15 is 0 Å². The van der Waals surface area contributed by atoms with Crippen LogP contribution in [-0.4, -0.2) is 18.6 Å². The lowest BCUT2D eigenvalue weighted by Gasteiger charge is -2.13. The largest absolute Gasteiger partial charge is 0.497 e. The first-order chi connectivity index (χ1) is 10.2. The van der Waals surface area contributed by atoms with Crippen LogP contribution >= 0.6 is 0 Å². The van der Waals surface area contributed by atoms with E-state index in [-0.39, 0.29) is 0 Å². The smallest absolute Gasteiger partial charge is 0.143 e. The summed E-state index contributed by atoms with van der Waals surface area (Å²) < 4.78 is 5.16. The first-order valence-electron chi connectivity index (χ1n) is 6.97. The Morgan fingerprint density at radius 3 is 2.71 bits per heavy atom. The van der Waals surface area contributed by atoms with E-state index in [2.05, 4.69) is 35.4 Å². The highest BCUT2D eigenvalue weighted by atomic mass is 16.5. The summed E-state index contributed by atoms with van der Waals surface area (Å²) in [5.74, 6) is 1.95. The van der Waals surface area contributed by atoms with Gasteiger partial charge in [-0.05, 0) is 42.2 Å². The topological polar surface area (TPSA) is 57.9 Å². The molecule has 1 heterocycles. The molecular formula is C17H19N3O. The quantitative estimate of drug-likeness (QED) is 0.879. The SMILES string of the molecule is COc1ccc(C(C)CCNc2ncccc2C#N)cc1. The Labute approximate surface area is 125 Å². The van der Waals surface area contributed by atoms with Gasteiger partial charge in [-0.15, -0.1) is 0 Å². The van der Waals surface area contributed by atoms with Crippen molar-refractivity contribution in [3.63, 3.8) is 0 Å². The zero-order valence-corrected chi connectivity index (χ0v) is 12.3. The highest BCUT2D eigenvalue weighted by Gasteiger charge is 2.07. The summed E-state index contributed by atoms with van der Waals surface area (Å²) in [6.45, 7) is 2.96. The highest BCUT2D eigenvalue weighted by molar-refractivity contribution is 5.51. The van der Waals surface area contributed by atoms with E-state index in [1.807, 2.05) is 12.1 Å². The first-order valence-corrected chi connectivity index (χ1v) is 6.97. The molecule has 1 N–H and O–H groups in total. The van der Waals surface area contributed by atoms with Crippen LogP contribution in [0.1, 0.15) is 30.4 Å². The van der Waals surface area contributed by atoms with Crippen LogP contribution in [0.15, 0.2) is 42.6 Å². The molecule has 1 aromatic carbocycles. The number of methoxy groups -OCH3 is 1. The van der Waals surface area contributed by atoms with Crippen molar-refractivity contribution in [3.8, 4) is 11.8 Å². The van der Waals surface area contributed by atoms with Crippen LogP contribution in [-0.2, 0) is 0 Å². The first kappa shape index (κ1) is 14.9. The molecule has 0 aliphatic carbocycles. The minimum absolute atomic E-state index is 0.428. The molecule has 0 radical (unpaired) electrons. The molecule has 4 heteroatoms. The van der Waals surface area contributed by atoms with Gasteiger partial charge >= 0.3 is 0 Å². The molecule has 0 fully saturated rings. The number of aromatic nitrogens is 1. The Morgan fingerprint density at radius 1 is 1.29 bits per heavy atom. The van der Waals surface area contributed by atoms with Gasteiger partial charge in [0.05, 0.1) is 12.7 Å². The number of hydrogen-bond acceptors (Lipinski definition) is 4. The summed E-state index contributed by atoms with van der Waals surface area (Å²) in [7, 11) is 1.67. The van der Waals surface area contributed by atoms with E-state index in [0.717, 1.165) is 18.7 Å². The normalized spacial score (nSPS) is 11.5. The van der Waals surface area contributed by atoms with E-state index in [0.29, 0.717) is 17.3 Å². The average molecular weight is 281 g/mol. The standard InChI is InChI=1S/C17H19N3O/c1-13(14-5-7-16(21-2)8-6-14)9-11-20-17-15(12-18)4-3-10-19-17/h3-8,10,13H,9,11H2,1-2H3,(H,19,20). The van der Waals surface area contributed by atoms with Crippen molar-refractivity contribution >= 4 is 5.82 Å². The summed E-state index contributed by atoms with van der Waals surface area (Å²) in [4.78, 5) is 4.19. The third-order valence-corrected chi connectivity index (χ3v) is 3.48. The van der Waals surface area contributed by atoms with Crippen molar-refractivity contribution in [2.45, 2.75) is 19.3 Å². The van der Waals surface area contributed by atoms with Crippen molar-refractivity contribution in [3.05, 3.63) is 53.7 Å². The van der Waals surface area contributed by atoms with Crippen molar-refractivity contribution < 1.29 is 4.74 Å². The summed E-state index contributed by atoms with van der Waals surface area (Å²) >= 11 is 0. The fourth-order valence-electron chi connectivity index (χ4n) is 2.14. The van der Waals surface area contributed by atoms with Gasteiger partial charge in [-0.2, -0.15) is 5.26 Å². The number of nitrogens with one attached hydrogen (secondary N) is 1. The second kappa shape index (κ2) is 7.30. The molecule has 1 atom stereocenters. The molecule has 108 valence electrons. The number of rotatable bonds is 6. The van der Waals surface area contributed by atoms with E-state index < -0.39 is 0 Å². The second-order valence-corrected chi connectivity index (χ2v) is 4.90. The minimum Gasteiger partial charge on any atom is -0.497 e. The molecule has 0 aliphatic heterocycles. The third kappa shape index (κ3) is 3.96. The lowest BCUT2D eigenvalue weighted by atomic mass is 9.98. The molecular weight excluding hydrogens is 262 g/mol. The molecule has 0 saturated carbocycles. The fourth-order valence-corrected chi connectivity index (χ4v) is 2.14. The monoisotopic (exact) mass is 281 g/mol. The fraction of sp³-hybridized carbons (Fsp3) is 0.294. The number of hydrogen-bond donors (Lipinski definition) is 1. The second-order valence-electron chi connectivity index (χ2n) is 4.90. The van der Waals surface area contributed by atoms with Gasteiger partial charge < -0.3 is 10.1 Å². The van der Waals surface area contributed by atoms with E-state index in [9.17, 15) is 0 Å². The average Bonchev–Trinajstić information content (AvgIpc) is 2.55. The van der Waals surface area contributed by atoms with Crippen LogP contribution in [0.4, 0.5) is 5.82 Å². The molecule has 0 aliphatic rings. The van der Waals surface area contributed by atoms with Crippen LogP contribution in [0, 0.1) is 11.3 Å². The van der Waals surface area contributed by atoms with Crippen molar-refractivity contribution in [1.29, 1.82) is 5.26 Å². The molecule has 1 aromatic heterocycles. The summed E-state index contributed by atoms with van der Waals surface area (Å²) in [6, 6.07) is 13.8. The van der Waals surface area contributed by atoms with E-state index in [1.54, 1.807) is 25.4 Å². The Hall–Kier alpha value is -2.54. The number of nitriles is 1. The van der Waals surface area contributed by atoms with Crippen LogP contribution < -0.4 is 10.1 Å². The highest BCUT2D eigenvalue weighted by Crippen LogP contribution is 2.22. The molecule has 21 heavy (non-hydrogen) atoms. The Balaban J connectivity index is 1.89. The molecule has 1 unspecified atom stereocenters. The molecule has 2 rings (SSSR count). The maximum absolute atomic E-state index is 9.01. The van der Waals surface area contributed by atoms with Crippen molar-refractivity contribution in [1.82, 2.24) is 4.98 Å². The van der Waals surface area contributed by atoms with Gasteiger partial charge in [-0.25, -0.2) is 4.98 Å². The Morgan fingerprint density at radius 2 is 2.05 bits per heavy atom. The third-order valence-electron chi connectivity index (χ3n) is 3.48. The molecule has 0 bridgehead atoms. The summed E-state index contributed by atoms with van der Waals surface area (Å²) in [6.07, 6.45) is 2.66. The van der Waals surface area contributed by atoms with Crippen LogP contribution in [0.25, 0.3) is 0 Å². The number of pyridine rings is 1. The lowest BCUT2D eigenvalue weighted by Crippen LogP contribution is -2.08. The van der Waals surface area contributed by atoms with Gasteiger partial charge in [0.25, 0.3) is 0 Å². The maximum Gasteiger partial charge on any atom is 0.143 e. The predicted molar refractivity (Wildman–Crippen MR) is 83.5 cm³/mol. The summed E-state index contributed by atoms with van der Waals surface area (Å²) in [5.41, 5.74) is 1.86. The van der Waals surface area contributed by atoms with Crippen LogP contribution in [0.2, 0.25) is 0 Å².